The molecule has 0 amide bonds. The SMILES string of the molecule is Cc1ccc(N=CC2=C(Nc3ccc(C)cc3)c3c(C)nn(-c4ccccn4)c3CC2)cc1. The highest BCUT2D eigenvalue weighted by Crippen LogP contribution is 2.35. The van der Waals surface area contributed by atoms with Crippen molar-refractivity contribution >= 4 is 23.3 Å². The lowest BCUT2D eigenvalue weighted by molar-refractivity contribution is 0.759. The fourth-order valence-corrected chi connectivity index (χ4v) is 4.17. The Balaban J connectivity index is 1.61. The minimum absolute atomic E-state index is 0.841. The summed E-state index contributed by atoms with van der Waals surface area (Å²) in [5, 5.41) is 8.55. The lowest BCUT2D eigenvalue weighted by atomic mass is 9.92. The van der Waals surface area contributed by atoms with Gasteiger partial charge in [0.25, 0.3) is 0 Å². The van der Waals surface area contributed by atoms with E-state index in [0.717, 1.165) is 47.0 Å². The van der Waals surface area contributed by atoms with Crippen LogP contribution in [0.5, 0.6) is 0 Å². The van der Waals surface area contributed by atoms with Gasteiger partial charge in [0.05, 0.1) is 22.8 Å². The summed E-state index contributed by atoms with van der Waals surface area (Å²) < 4.78 is 1.98. The van der Waals surface area contributed by atoms with E-state index in [1.165, 1.54) is 22.4 Å². The number of aliphatic imine (C=N–C) groups is 1. The van der Waals surface area contributed by atoms with Crippen LogP contribution in [0, 0.1) is 20.8 Å². The number of pyridine rings is 1. The van der Waals surface area contributed by atoms with Crippen LogP contribution in [-0.4, -0.2) is 21.0 Å². The van der Waals surface area contributed by atoms with Crippen molar-refractivity contribution in [3.8, 4) is 5.82 Å². The fraction of sp³-hybridized carbons (Fsp3) is 0.179. The van der Waals surface area contributed by atoms with Gasteiger partial charge in [0, 0.05) is 23.7 Å². The average Bonchev–Trinajstić information content (AvgIpc) is 3.18. The summed E-state index contributed by atoms with van der Waals surface area (Å²) in [5.74, 6) is 0.841. The molecule has 0 bridgehead atoms. The van der Waals surface area contributed by atoms with Gasteiger partial charge in [0.1, 0.15) is 0 Å². The van der Waals surface area contributed by atoms with E-state index < -0.39 is 0 Å². The molecule has 0 unspecified atom stereocenters. The zero-order chi connectivity index (χ0) is 22.8. The first kappa shape index (κ1) is 20.9. The lowest BCUT2D eigenvalue weighted by Gasteiger charge is -2.22. The van der Waals surface area contributed by atoms with Crippen LogP contribution in [0.4, 0.5) is 11.4 Å². The van der Waals surface area contributed by atoms with Crippen LogP contribution in [-0.2, 0) is 6.42 Å². The summed E-state index contributed by atoms with van der Waals surface area (Å²) in [6, 6.07) is 22.7. The summed E-state index contributed by atoms with van der Waals surface area (Å²) in [7, 11) is 0. The zero-order valence-electron chi connectivity index (χ0n) is 19.2. The van der Waals surface area contributed by atoms with Crippen molar-refractivity contribution in [1.29, 1.82) is 0 Å². The second-order valence-electron chi connectivity index (χ2n) is 8.49. The minimum atomic E-state index is 0.841. The predicted molar refractivity (Wildman–Crippen MR) is 135 cm³/mol. The Hall–Kier alpha value is -3.99. The predicted octanol–water partition coefficient (Wildman–Crippen LogP) is 6.36. The van der Waals surface area contributed by atoms with Gasteiger partial charge in [-0.15, -0.1) is 0 Å². The van der Waals surface area contributed by atoms with Gasteiger partial charge in [-0.1, -0.05) is 41.5 Å². The maximum absolute atomic E-state index is 4.87. The van der Waals surface area contributed by atoms with E-state index in [9.17, 15) is 0 Å². The van der Waals surface area contributed by atoms with E-state index in [1.807, 2.05) is 35.3 Å². The molecule has 0 spiro atoms. The van der Waals surface area contributed by atoms with Gasteiger partial charge < -0.3 is 5.32 Å². The number of allylic oxidation sites excluding steroid dienone is 1. The Labute approximate surface area is 194 Å². The molecule has 2 aromatic heterocycles. The molecule has 164 valence electrons. The second-order valence-corrected chi connectivity index (χ2v) is 8.49. The molecule has 0 atom stereocenters. The molecule has 2 aromatic carbocycles. The van der Waals surface area contributed by atoms with Crippen LogP contribution < -0.4 is 5.32 Å². The highest BCUT2D eigenvalue weighted by atomic mass is 15.3. The number of aromatic nitrogens is 3. The van der Waals surface area contributed by atoms with Crippen LogP contribution in [0.1, 0.15) is 34.5 Å². The molecule has 0 radical (unpaired) electrons. The van der Waals surface area contributed by atoms with E-state index in [2.05, 4.69) is 79.6 Å². The van der Waals surface area contributed by atoms with E-state index in [1.54, 1.807) is 0 Å². The largest absolute Gasteiger partial charge is 0.355 e. The number of aryl methyl sites for hydroxylation is 3. The Bertz CT molecular complexity index is 1330. The van der Waals surface area contributed by atoms with E-state index in [-0.39, 0.29) is 0 Å². The van der Waals surface area contributed by atoms with Crippen LogP contribution >= 0.6 is 0 Å². The molecule has 0 saturated heterocycles. The average molecular weight is 434 g/mol. The quantitative estimate of drug-likeness (QED) is 0.372. The zero-order valence-corrected chi connectivity index (χ0v) is 19.2. The van der Waals surface area contributed by atoms with Crippen molar-refractivity contribution in [2.75, 3.05) is 5.32 Å². The smallest absolute Gasteiger partial charge is 0.153 e. The maximum Gasteiger partial charge on any atom is 0.153 e. The highest BCUT2D eigenvalue weighted by molar-refractivity contribution is 5.97. The first-order chi connectivity index (χ1) is 16.1. The molecule has 1 aliphatic rings. The number of benzene rings is 2. The van der Waals surface area contributed by atoms with Gasteiger partial charge in [-0.25, -0.2) is 9.67 Å². The number of anilines is 1. The van der Waals surface area contributed by atoms with E-state index >= 15 is 0 Å². The third-order valence-electron chi connectivity index (χ3n) is 5.95. The summed E-state index contributed by atoms with van der Waals surface area (Å²) >= 11 is 0. The van der Waals surface area contributed by atoms with Crippen molar-refractivity contribution in [3.05, 3.63) is 107 Å². The third-order valence-corrected chi connectivity index (χ3v) is 5.95. The lowest BCUT2D eigenvalue weighted by Crippen LogP contribution is -2.14. The van der Waals surface area contributed by atoms with Gasteiger partial charge in [0.15, 0.2) is 5.82 Å². The number of hydrogen-bond acceptors (Lipinski definition) is 4. The standard InChI is InChI=1S/C28H27N5/c1-19-7-12-23(13-8-19)30-18-22-11-16-25-27(28(22)31-24-14-9-20(2)10-15-24)21(3)32-33(25)26-6-4-5-17-29-26/h4-10,12-15,17-18,31H,11,16H2,1-3H3. The number of fused-ring (bicyclic) bond motifs is 1. The second kappa shape index (κ2) is 8.87. The maximum atomic E-state index is 4.87. The Morgan fingerprint density at radius 3 is 2.30 bits per heavy atom. The molecule has 5 heteroatoms. The summed E-state index contributed by atoms with van der Waals surface area (Å²) in [6.45, 7) is 6.25. The highest BCUT2D eigenvalue weighted by Gasteiger charge is 2.26. The topological polar surface area (TPSA) is 55.1 Å². The number of hydrogen-bond donors (Lipinski definition) is 1. The van der Waals surface area contributed by atoms with Crippen LogP contribution in [0.25, 0.3) is 11.5 Å². The summed E-state index contributed by atoms with van der Waals surface area (Å²) in [6.07, 6.45) is 5.56. The van der Waals surface area contributed by atoms with Crippen LogP contribution in [0.2, 0.25) is 0 Å². The molecule has 4 aromatic rings. The molecule has 2 heterocycles. The number of rotatable bonds is 5. The van der Waals surface area contributed by atoms with Gasteiger partial charge in [-0.3, -0.25) is 4.99 Å². The molecule has 5 nitrogen and oxygen atoms in total. The van der Waals surface area contributed by atoms with Crippen molar-refractivity contribution in [3.63, 3.8) is 0 Å². The molecule has 0 fully saturated rings. The fourth-order valence-electron chi connectivity index (χ4n) is 4.17. The van der Waals surface area contributed by atoms with Gasteiger partial charge >= 0.3 is 0 Å². The van der Waals surface area contributed by atoms with Crippen LogP contribution in [0.3, 0.4) is 0 Å². The monoisotopic (exact) mass is 433 g/mol. The van der Waals surface area contributed by atoms with Crippen molar-refractivity contribution in [1.82, 2.24) is 14.8 Å². The molecular weight excluding hydrogens is 406 g/mol. The van der Waals surface area contributed by atoms with Crippen molar-refractivity contribution in [2.24, 2.45) is 4.99 Å². The molecule has 5 rings (SSSR count). The first-order valence-electron chi connectivity index (χ1n) is 11.3. The molecule has 1 N–H and O–H groups in total. The van der Waals surface area contributed by atoms with E-state index in [4.69, 9.17) is 10.1 Å². The van der Waals surface area contributed by atoms with Gasteiger partial charge in [-0.05, 0) is 75.6 Å². The Kier molecular flexibility index (Phi) is 5.61. The van der Waals surface area contributed by atoms with Gasteiger partial charge in [-0.2, -0.15) is 5.10 Å². The molecule has 1 aliphatic carbocycles. The third kappa shape index (κ3) is 4.35. The van der Waals surface area contributed by atoms with E-state index in [0.29, 0.717) is 0 Å². The van der Waals surface area contributed by atoms with Crippen molar-refractivity contribution in [2.45, 2.75) is 33.6 Å². The molecular formula is C28H27N5. The van der Waals surface area contributed by atoms with Crippen LogP contribution in [0.15, 0.2) is 83.5 Å². The summed E-state index contributed by atoms with van der Waals surface area (Å²) in [4.78, 5) is 9.31. The molecule has 0 saturated carbocycles. The molecule has 0 aliphatic heterocycles. The molecule has 33 heavy (non-hydrogen) atoms. The normalized spacial score (nSPS) is 13.4. The Morgan fingerprint density at radius 2 is 1.61 bits per heavy atom. The Morgan fingerprint density at radius 1 is 0.879 bits per heavy atom. The number of nitrogens with one attached hydrogen (secondary N) is 1. The first-order valence-corrected chi connectivity index (χ1v) is 11.3. The van der Waals surface area contributed by atoms with Gasteiger partial charge in [0.2, 0.25) is 0 Å². The number of nitrogens with zero attached hydrogens (tertiary/aromatic N) is 4. The summed E-state index contributed by atoms with van der Waals surface area (Å²) in [5.41, 5.74) is 10.00. The minimum Gasteiger partial charge on any atom is -0.355 e. The van der Waals surface area contributed by atoms with Crippen molar-refractivity contribution < 1.29 is 0 Å².